The van der Waals surface area contributed by atoms with Crippen molar-refractivity contribution in [2.45, 2.75) is 59.0 Å². The molecule has 110 valence electrons. The van der Waals surface area contributed by atoms with Gasteiger partial charge in [-0.2, -0.15) is 0 Å². The standard InChI is InChI=1S/C18H26BrN/c1-12(13-5-7-15(19)8-6-13)20-16-17(2,3)14-9-10-18(16,4)11-14/h5-8,12,14,16,20H,9-11H2,1-4H3/t12-,14-,16?,18+/m0/s1. The van der Waals surface area contributed by atoms with Crippen LogP contribution < -0.4 is 5.32 Å². The highest BCUT2D eigenvalue weighted by molar-refractivity contribution is 9.10. The molecule has 2 bridgehead atoms. The van der Waals surface area contributed by atoms with Crippen molar-refractivity contribution in [1.29, 1.82) is 0 Å². The molecule has 20 heavy (non-hydrogen) atoms. The van der Waals surface area contributed by atoms with Gasteiger partial charge in [0.15, 0.2) is 0 Å². The van der Waals surface area contributed by atoms with Crippen LogP contribution in [0.5, 0.6) is 0 Å². The van der Waals surface area contributed by atoms with Gasteiger partial charge in [0.2, 0.25) is 0 Å². The third-order valence-electron chi connectivity index (χ3n) is 6.06. The molecule has 2 fully saturated rings. The summed E-state index contributed by atoms with van der Waals surface area (Å²) >= 11 is 3.52. The lowest BCUT2D eigenvalue weighted by atomic mass is 9.68. The number of benzene rings is 1. The van der Waals surface area contributed by atoms with Gasteiger partial charge in [-0.05, 0) is 60.6 Å². The summed E-state index contributed by atoms with van der Waals surface area (Å²) in [6.45, 7) is 9.73. The van der Waals surface area contributed by atoms with Crippen LogP contribution in [0.25, 0.3) is 0 Å². The van der Waals surface area contributed by atoms with Crippen molar-refractivity contribution in [3.63, 3.8) is 0 Å². The molecule has 2 aliphatic rings. The molecule has 2 aliphatic carbocycles. The first kappa shape index (κ1) is 14.6. The molecule has 1 unspecified atom stereocenters. The molecule has 0 amide bonds. The van der Waals surface area contributed by atoms with Gasteiger partial charge in [0.25, 0.3) is 0 Å². The van der Waals surface area contributed by atoms with E-state index < -0.39 is 0 Å². The van der Waals surface area contributed by atoms with E-state index in [2.05, 4.69) is 73.2 Å². The zero-order chi connectivity index (χ0) is 14.5. The fourth-order valence-corrected chi connectivity index (χ4v) is 5.08. The van der Waals surface area contributed by atoms with Gasteiger partial charge in [0, 0.05) is 16.6 Å². The van der Waals surface area contributed by atoms with Gasteiger partial charge in [-0.3, -0.25) is 0 Å². The second kappa shape index (κ2) is 4.84. The van der Waals surface area contributed by atoms with Gasteiger partial charge in [0.1, 0.15) is 0 Å². The van der Waals surface area contributed by atoms with Gasteiger partial charge in [0.05, 0.1) is 0 Å². The third-order valence-corrected chi connectivity index (χ3v) is 6.59. The summed E-state index contributed by atoms with van der Waals surface area (Å²) in [6, 6.07) is 9.78. The van der Waals surface area contributed by atoms with Crippen molar-refractivity contribution < 1.29 is 0 Å². The van der Waals surface area contributed by atoms with Crippen LogP contribution in [0.2, 0.25) is 0 Å². The number of halogens is 1. The first-order valence-corrected chi connectivity index (χ1v) is 8.64. The van der Waals surface area contributed by atoms with Crippen LogP contribution in [-0.4, -0.2) is 6.04 Å². The first-order chi connectivity index (χ1) is 9.33. The van der Waals surface area contributed by atoms with Crippen molar-refractivity contribution in [1.82, 2.24) is 5.32 Å². The van der Waals surface area contributed by atoms with E-state index in [1.54, 1.807) is 0 Å². The fourth-order valence-electron chi connectivity index (χ4n) is 4.82. The van der Waals surface area contributed by atoms with E-state index in [4.69, 9.17) is 0 Å². The normalized spacial score (nSPS) is 36.2. The SMILES string of the molecule is C[C@H](NC1C(C)(C)[C@H]2CC[C@]1(C)C2)c1ccc(Br)cc1. The maximum absolute atomic E-state index is 3.96. The van der Waals surface area contributed by atoms with Crippen LogP contribution in [0.1, 0.15) is 58.6 Å². The summed E-state index contributed by atoms with van der Waals surface area (Å²) in [6.07, 6.45) is 4.23. The van der Waals surface area contributed by atoms with E-state index in [0.717, 1.165) is 10.4 Å². The summed E-state index contributed by atoms with van der Waals surface area (Å²) in [4.78, 5) is 0. The molecule has 0 aromatic heterocycles. The zero-order valence-electron chi connectivity index (χ0n) is 13.0. The molecule has 3 rings (SSSR count). The van der Waals surface area contributed by atoms with E-state index in [9.17, 15) is 0 Å². The van der Waals surface area contributed by atoms with Gasteiger partial charge in [-0.1, -0.05) is 48.8 Å². The lowest BCUT2D eigenvalue weighted by molar-refractivity contribution is 0.100. The quantitative estimate of drug-likeness (QED) is 0.788. The van der Waals surface area contributed by atoms with E-state index in [1.165, 1.54) is 24.8 Å². The largest absolute Gasteiger partial charge is 0.306 e. The van der Waals surface area contributed by atoms with Crippen molar-refractivity contribution in [3.05, 3.63) is 34.3 Å². The molecule has 4 atom stereocenters. The van der Waals surface area contributed by atoms with Crippen LogP contribution >= 0.6 is 15.9 Å². The minimum Gasteiger partial charge on any atom is -0.306 e. The first-order valence-electron chi connectivity index (χ1n) is 7.84. The van der Waals surface area contributed by atoms with Crippen molar-refractivity contribution >= 4 is 15.9 Å². The number of nitrogens with one attached hydrogen (secondary N) is 1. The molecule has 2 saturated carbocycles. The summed E-state index contributed by atoms with van der Waals surface area (Å²) in [7, 11) is 0. The Bertz CT molecular complexity index is 488. The molecule has 0 radical (unpaired) electrons. The minimum atomic E-state index is 0.420. The minimum absolute atomic E-state index is 0.420. The van der Waals surface area contributed by atoms with Gasteiger partial charge in [-0.25, -0.2) is 0 Å². The summed E-state index contributed by atoms with van der Waals surface area (Å²) < 4.78 is 1.15. The van der Waals surface area contributed by atoms with E-state index in [1.807, 2.05) is 0 Å². The lowest BCUT2D eigenvalue weighted by Crippen LogP contribution is -2.50. The molecular formula is C18H26BrN. The van der Waals surface area contributed by atoms with Crippen molar-refractivity contribution in [3.8, 4) is 0 Å². The Balaban J connectivity index is 1.78. The number of hydrogen-bond donors (Lipinski definition) is 1. The Kier molecular flexibility index (Phi) is 3.53. The average Bonchev–Trinajstić information content (AvgIpc) is 2.86. The summed E-state index contributed by atoms with van der Waals surface area (Å²) in [5, 5.41) is 3.96. The number of hydrogen-bond acceptors (Lipinski definition) is 1. The second-order valence-corrected chi connectivity index (χ2v) is 8.70. The van der Waals surface area contributed by atoms with E-state index in [-0.39, 0.29) is 0 Å². The van der Waals surface area contributed by atoms with E-state index >= 15 is 0 Å². The van der Waals surface area contributed by atoms with Crippen molar-refractivity contribution in [2.75, 3.05) is 0 Å². The highest BCUT2D eigenvalue weighted by Crippen LogP contribution is 2.62. The molecule has 1 N–H and O–H groups in total. The van der Waals surface area contributed by atoms with Crippen LogP contribution in [0, 0.1) is 16.7 Å². The molecule has 1 nitrogen and oxygen atoms in total. The van der Waals surface area contributed by atoms with Crippen LogP contribution in [-0.2, 0) is 0 Å². The second-order valence-electron chi connectivity index (χ2n) is 7.79. The monoisotopic (exact) mass is 335 g/mol. The van der Waals surface area contributed by atoms with Crippen LogP contribution in [0.3, 0.4) is 0 Å². The zero-order valence-corrected chi connectivity index (χ0v) is 14.6. The number of fused-ring (bicyclic) bond motifs is 2. The maximum atomic E-state index is 3.96. The molecule has 1 aromatic carbocycles. The van der Waals surface area contributed by atoms with Crippen LogP contribution in [0.4, 0.5) is 0 Å². The molecule has 2 heteroatoms. The molecular weight excluding hydrogens is 310 g/mol. The fraction of sp³-hybridized carbons (Fsp3) is 0.667. The third kappa shape index (κ3) is 2.25. The topological polar surface area (TPSA) is 12.0 Å². The molecule has 0 heterocycles. The highest BCUT2D eigenvalue weighted by Gasteiger charge is 2.59. The predicted molar refractivity (Wildman–Crippen MR) is 88.7 cm³/mol. The Morgan fingerprint density at radius 1 is 1.20 bits per heavy atom. The summed E-state index contributed by atoms with van der Waals surface area (Å²) in [5.41, 5.74) is 2.31. The Labute approximate surface area is 131 Å². The smallest absolute Gasteiger partial charge is 0.0294 e. The van der Waals surface area contributed by atoms with Gasteiger partial charge >= 0.3 is 0 Å². The Morgan fingerprint density at radius 3 is 2.40 bits per heavy atom. The lowest BCUT2D eigenvalue weighted by Gasteiger charge is -2.44. The van der Waals surface area contributed by atoms with Gasteiger partial charge < -0.3 is 5.32 Å². The van der Waals surface area contributed by atoms with Crippen LogP contribution in [0.15, 0.2) is 28.7 Å². The van der Waals surface area contributed by atoms with Crippen molar-refractivity contribution in [2.24, 2.45) is 16.7 Å². The molecule has 1 aromatic rings. The maximum Gasteiger partial charge on any atom is 0.0294 e. The Morgan fingerprint density at radius 2 is 1.85 bits per heavy atom. The van der Waals surface area contributed by atoms with Gasteiger partial charge in [-0.15, -0.1) is 0 Å². The molecule has 0 saturated heterocycles. The Hall–Kier alpha value is -0.340. The highest BCUT2D eigenvalue weighted by atomic mass is 79.9. The summed E-state index contributed by atoms with van der Waals surface area (Å²) in [5.74, 6) is 0.905. The number of rotatable bonds is 3. The molecule has 0 spiro atoms. The predicted octanol–water partition coefficient (Wildman–Crippen LogP) is 5.31. The molecule has 0 aliphatic heterocycles. The average molecular weight is 336 g/mol. The van der Waals surface area contributed by atoms with E-state index in [0.29, 0.717) is 22.9 Å².